The van der Waals surface area contributed by atoms with Gasteiger partial charge in [0.2, 0.25) is 5.91 Å². The molecule has 1 heterocycles. The second-order valence-electron chi connectivity index (χ2n) is 4.88. The number of hydrogen-bond acceptors (Lipinski definition) is 4. The molecule has 2 unspecified atom stereocenters. The summed E-state index contributed by atoms with van der Waals surface area (Å²) >= 11 is 0. The summed E-state index contributed by atoms with van der Waals surface area (Å²) in [5.74, 6) is 0.0342. The van der Waals surface area contributed by atoms with Crippen molar-refractivity contribution in [3.05, 3.63) is 0 Å². The highest BCUT2D eigenvalue weighted by molar-refractivity contribution is 7.90. The molecule has 0 radical (unpaired) electrons. The van der Waals surface area contributed by atoms with E-state index in [0.29, 0.717) is 6.42 Å². The molecule has 1 aliphatic heterocycles. The fourth-order valence-electron chi connectivity index (χ4n) is 2.06. The van der Waals surface area contributed by atoms with Crippen LogP contribution in [0.3, 0.4) is 0 Å². The Labute approximate surface area is 103 Å². The number of nitrogens with one attached hydrogen (secondary N) is 1. The number of nitrogens with zero attached hydrogens (tertiary/aromatic N) is 1. The number of amides is 1. The number of sulfone groups is 1. The fourth-order valence-corrected chi connectivity index (χ4v) is 2.59. The summed E-state index contributed by atoms with van der Waals surface area (Å²) in [6, 6.07) is 0. The molecule has 0 aliphatic carbocycles. The maximum absolute atomic E-state index is 12.2. The van der Waals surface area contributed by atoms with E-state index in [1.165, 1.54) is 6.26 Å². The van der Waals surface area contributed by atoms with Crippen LogP contribution in [-0.2, 0) is 14.6 Å². The molecule has 0 aromatic rings. The van der Waals surface area contributed by atoms with Crippen LogP contribution in [0, 0.1) is 0 Å². The summed E-state index contributed by atoms with van der Waals surface area (Å²) in [6.07, 6.45) is 2.64. The van der Waals surface area contributed by atoms with E-state index in [1.807, 2.05) is 20.8 Å². The van der Waals surface area contributed by atoms with Crippen molar-refractivity contribution in [1.29, 1.82) is 0 Å². The van der Waals surface area contributed by atoms with Gasteiger partial charge in [-0.15, -0.1) is 0 Å². The van der Waals surface area contributed by atoms with Crippen LogP contribution in [0.5, 0.6) is 0 Å². The third-order valence-corrected chi connectivity index (χ3v) is 4.32. The minimum atomic E-state index is -3.03. The smallest absolute Gasteiger partial charge is 0.243 e. The quantitative estimate of drug-likeness (QED) is 0.777. The van der Waals surface area contributed by atoms with Crippen molar-refractivity contribution in [2.75, 3.05) is 18.6 Å². The van der Waals surface area contributed by atoms with Crippen LogP contribution in [0.2, 0.25) is 0 Å². The van der Waals surface area contributed by atoms with Crippen LogP contribution in [0.25, 0.3) is 0 Å². The standard InChI is InChI=1S/C11H22N2O3S/c1-5-9-12-11(3,6-2)10(14)13(9)7-8-17(4,15)16/h9,12H,5-8H2,1-4H3. The lowest BCUT2D eigenvalue weighted by Crippen LogP contribution is -2.43. The predicted octanol–water partition coefficient (Wildman–Crippen LogP) is 0.368. The molecule has 0 aromatic carbocycles. The summed E-state index contributed by atoms with van der Waals surface area (Å²) < 4.78 is 22.3. The highest BCUT2D eigenvalue weighted by atomic mass is 32.2. The lowest BCUT2D eigenvalue weighted by molar-refractivity contribution is -0.132. The van der Waals surface area contributed by atoms with Crippen molar-refractivity contribution in [2.45, 2.75) is 45.3 Å². The topological polar surface area (TPSA) is 66.5 Å². The van der Waals surface area contributed by atoms with Crippen molar-refractivity contribution < 1.29 is 13.2 Å². The minimum absolute atomic E-state index is 0.00972. The van der Waals surface area contributed by atoms with Crippen LogP contribution in [-0.4, -0.2) is 49.5 Å². The molecule has 0 aromatic heterocycles. The van der Waals surface area contributed by atoms with Gasteiger partial charge in [-0.3, -0.25) is 10.1 Å². The zero-order valence-corrected chi connectivity index (χ0v) is 11.8. The number of rotatable bonds is 5. The second kappa shape index (κ2) is 4.94. The van der Waals surface area contributed by atoms with E-state index in [1.54, 1.807) is 4.90 Å². The lowest BCUT2D eigenvalue weighted by atomic mass is 9.99. The normalized spacial score (nSPS) is 30.0. The van der Waals surface area contributed by atoms with Gasteiger partial charge in [-0.1, -0.05) is 13.8 Å². The molecule has 5 nitrogen and oxygen atoms in total. The summed E-state index contributed by atoms with van der Waals surface area (Å²) in [7, 11) is -3.03. The van der Waals surface area contributed by atoms with Crippen molar-refractivity contribution >= 4 is 15.7 Å². The lowest BCUT2D eigenvalue weighted by Gasteiger charge is -2.22. The summed E-state index contributed by atoms with van der Waals surface area (Å²) in [5.41, 5.74) is -0.543. The van der Waals surface area contributed by atoms with E-state index < -0.39 is 15.4 Å². The first-order valence-corrected chi connectivity index (χ1v) is 8.06. The van der Waals surface area contributed by atoms with E-state index in [-0.39, 0.29) is 24.4 Å². The molecule has 2 atom stereocenters. The molecule has 1 N–H and O–H groups in total. The SMILES string of the molecule is CCC1NC(C)(CC)C(=O)N1CCS(C)(=O)=O. The average Bonchev–Trinajstić information content (AvgIpc) is 2.49. The van der Waals surface area contributed by atoms with Gasteiger partial charge in [0.05, 0.1) is 17.5 Å². The average molecular weight is 262 g/mol. The van der Waals surface area contributed by atoms with Crippen LogP contribution in [0.4, 0.5) is 0 Å². The van der Waals surface area contributed by atoms with Crippen molar-refractivity contribution in [3.8, 4) is 0 Å². The van der Waals surface area contributed by atoms with Gasteiger partial charge in [0.15, 0.2) is 0 Å². The van der Waals surface area contributed by atoms with Gasteiger partial charge in [0.25, 0.3) is 0 Å². The number of carbonyl (C=O) groups is 1. The van der Waals surface area contributed by atoms with E-state index in [0.717, 1.165) is 6.42 Å². The minimum Gasteiger partial charge on any atom is -0.325 e. The Morgan fingerprint density at radius 3 is 2.41 bits per heavy atom. The van der Waals surface area contributed by atoms with Gasteiger partial charge in [-0.25, -0.2) is 8.42 Å². The van der Waals surface area contributed by atoms with Gasteiger partial charge in [0.1, 0.15) is 9.84 Å². The molecule has 1 amide bonds. The van der Waals surface area contributed by atoms with Crippen LogP contribution in [0.1, 0.15) is 33.6 Å². The summed E-state index contributed by atoms with van der Waals surface area (Å²) in [6.45, 7) is 6.09. The molecule has 100 valence electrons. The summed E-state index contributed by atoms with van der Waals surface area (Å²) in [4.78, 5) is 13.9. The molecular formula is C11H22N2O3S. The predicted molar refractivity (Wildman–Crippen MR) is 67.3 cm³/mol. The molecule has 0 saturated carbocycles. The molecule has 1 fully saturated rings. The first-order chi connectivity index (χ1) is 7.73. The van der Waals surface area contributed by atoms with Crippen molar-refractivity contribution in [2.24, 2.45) is 0 Å². The highest BCUT2D eigenvalue weighted by Gasteiger charge is 2.45. The Balaban J connectivity index is 2.80. The first kappa shape index (κ1) is 14.4. The van der Waals surface area contributed by atoms with E-state index in [2.05, 4.69) is 5.32 Å². The highest BCUT2D eigenvalue weighted by Crippen LogP contribution is 2.24. The Bertz CT molecular complexity index is 394. The van der Waals surface area contributed by atoms with Gasteiger partial charge < -0.3 is 4.90 Å². The number of carbonyl (C=O) groups excluding carboxylic acids is 1. The molecule has 6 heteroatoms. The molecule has 1 aliphatic rings. The molecule has 17 heavy (non-hydrogen) atoms. The molecule has 1 saturated heterocycles. The van der Waals surface area contributed by atoms with Crippen molar-refractivity contribution in [3.63, 3.8) is 0 Å². The Morgan fingerprint density at radius 1 is 1.41 bits per heavy atom. The third-order valence-electron chi connectivity index (χ3n) is 3.39. The second-order valence-corrected chi connectivity index (χ2v) is 7.14. The van der Waals surface area contributed by atoms with Gasteiger partial charge in [-0.05, 0) is 19.8 Å². The monoisotopic (exact) mass is 262 g/mol. The Hall–Kier alpha value is -0.620. The largest absolute Gasteiger partial charge is 0.325 e. The van der Waals surface area contributed by atoms with E-state index in [9.17, 15) is 13.2 Å². The van der Waals surface area contributed by atoms with Gasteiger partial charge in [-0.2, -0.15) is 0 Å². The van der Waals surface area contributed by atoms with Crippen molar-refractivity contribution in [1.82, 2.24) is 10.2 Å². The van der Waals surface area contributed by atoms with Crippen LogP contribution >= 0.6 is 0 Å². The molecule has 0 spiro atoms. The van der Waals surface area contributed by atoms with Crippen LogP contribution in [0.15, 0.2) is 0 Å². The fraction of sp³-hybridized carbons (Fsp3) is 0.909. The zero-order chi connectivity index (χ0) is 13.3. The molecule has 1 rings (SSSR count). The third kappa shape index (κ3) is 3.19. The Kier molecular flexibility index (Phi) is 4.19. The van der Waals surface area contributed by atoms with Crippen LogP contribution < -0.4 is 5.32 Å². The van der Waals surface area contributed by atoms with Gasteiger partial charge in [0, 0.05) is 12.8 Å². The molecule has 0 bridgehead atoms. The Morgan fingerprint density at radius 2 is 2.00 bits per heavy atom. The van der Waals surface area contributed by atoms with E-state index in [4.69, 9.17) is 0 Å². The number of hydrogen-bond donors (Lipinski definition) is 1. The molecular weight excluding hydrogens is 240 g/mol. The van der Waals surface area contributed by atoms with E-state index >= 15 is 0 Å². The zero-order valence-electron chi connectivity index (χ0n) is 11.0. The van der Waals surface area contributed by atoms with Gasteiger partial charge >= 0.3 is 0 Å². The maximum Gasteiger partial charge on any atom is 0.243 e. The first-order valence-electron chi connectivity index (χ1n) is 6.00. The maximum atomic E-state index is 12.2. The summed E-state index contributed by atoms with van der Waals surface area (Å²) in [5, 5.41) is 3.28.